The van der Waals surface area contributed by atoms with Gasteiger partial charge in [-0.25, -0.2) is 0 Å². The highest BCUT2D eigenvalue weighted by atomic mass is 16.1. The average Bonchev–Trinajstić information content (AvgIpc) is 2.83. The zero-order chi connectivity index (χ0) is 13.8. The third-order valence-corrected chi connectivity index (χ3v) is 3.96. The Labute approximate surface area is 116 Å². The second kappa shape index (κ2) is 6.20. The van der Waals surface area contributed by atoms with Gasteiger partial charge in [0.15, 0.2) is 5.78 Å². The number of para-hydroxylation sites is 1. The highest BCUT2D eigenvalue weighted by molar-refractivity contribution is 6.01. The van der Waals surface area contributed by atoms with Gasteiger partial charge in [-0.15, -0.1) is 0 Å². The number of carbonyl (C=O) groups excluding carboxylic acids is 1. The van der Waals surface area contributed by atoms with Gasteiger partial charge in [0, 0.05) is 37.8 Å². The van der Waals surface area contributed by atoms with Crippen LogP contribution in [-0.2, 0) is 0 Å². The molecule has 1 aliphatic rings. The highest BCUT2D eigenvalue weighted by Crippen LogP contribution is 2.23. The molecule has 0 bridgehead atoms. The van der Waals surface area contributed by atoms with Crippen molar-refractivity contribution in [2.75, 3.05) is 38.6 Å². The van der Waals surface area contributed by atoms with Crippen LogP contribution in [0.3, 0.4) is 0 Å². The summed E-state index contributed by atoms with van der Waals surface area (Å²) in [6, 6.07) is 7.96. The Bertz CT molecular complexity index is 444. The molecule has 1 aliphatic heterocycles. The predicted octanol–water partition coefficient (Wildman–Crippen LogP) is 2.67. The van der Waals surface area contributed by atoms with Crippen LogP contribution in [0.15, 0.2) is 24.3 Å². The quantitative estimate of drug-likeness (QED) is 0.760. The molecule has 1 aromatic rings. The lowest BCUT2D eigenvalue weighted by molar-refractivity contribution is 0.0988. The van der Waals surface area contributed by atoms with Gasteiger partial charge in [-0.05, 0) is 38.1 Å². The van der Waals surface area contributed by atoms with Crippen LogP contribution in [0.5, 0.6) is 0 Å². The van der Waals surface area contributed by atoms with Gasteiger partial charge < -0.3 is 9.80 Å². The van der Waals surface area contributed by atoms with Crippen molar-refractivity contribution in [2.24, 2.45) is 5.92 Å². The van der Waals surface area contributed by atoms with E-state index >= 15 is 0 Å². The number of ketones is 1. The number of Topliss-reactive ketones (excluding diaryl/α,β-unsaturated/α-hetero) is 1. The maximum atomic E-state index is 12.0. The van der Waals surface area contributed by atoms with E-state index in [1.165, 1.54) is 13.0 Å². The van der Waals surface area contributed by atoms with Gasteiger partial charge in [0.1, 0.15) is 0 Å². The van der Waals surface area contributed by atoms with Crippen molar-refractivity contribution >= 4 is 11.5 Å². The summed E-state index contributed by atoms with van der Waals surface area (Å²) in [7, 11) is 4.27. The molecule has 0 spiro atoms. The van der Waals surface area contributed by atoms with Crippen LogP contribution in [0.1, 0.15) is 30.1 Å². The molecule has 19 heavy (non-hydrogen) atoms. The highest BCUT2D eigenvalue weighted by Gasteiger charge is 2.22. The number of benzene rings is 1. The van der Waals surface area contributed by atoms with Crippen LogP contribution in [-0.4, -0.2) is 44.4 Å². The second-order valence-electron chi connectivity index (χ2n) is 5.59. The lowest BCUT2D eigenvalue weighted by atomic mass is 10.0. The molecule has 1 saturated heterocycles. The van der Waals surface area contributed by atoms with Crippen molar-refractivity contribution < 1.29 is 4.79 Å². The summed E-state index contributed by atoms with van der Waals surface area (Å²) in [5.74, 6) is 0.936. The van der Waals surface area contributed by atoms with E-state index < -0.39 is 0 Å². The summed E-state index contributed by atoms with van der Waals surface area (Å²) in [5.41, 5.74) is 1.93. The van der Waals surface area contributed by atoms with E-state index in [4.69, 9.17) is 0 Å². The number of rotatable bonds is 5. The van der Waals surface area contributed by atoms with E-state index in [9.17, 15) is 4.79 Å². The molecule has 1 atom stereocenters. The smallest absolute Gasteiger partial charge is 0.164 e. The molecule has 104 valence electrons. The normalized spacial score (nSPS) is 19.6. The summed E-state index contributed by atoms with van der Waals surface area (Å²) in [6.07, 6.45) is 1.82. The zero-order valence-corrected chi connectivity index (χ0v) is 12.2. The van der Waals surface area contributed by atoms with Crippen molar-refractivity contribution in [1.29, 1.82) is 0 Å². The summed E-state index contributed by atoms with van der Waals surface area (Å²) >= 11 is 0. The topological polar surface area (TPSA) is 23.6 Å². The van der Waals surface area contributed by atoms with E-state index in [1.54, 1.807) is 0 Å². The lowest BCUT2D eigenvalue weighted by Crippen LogP contribution is -2.28. The van der Waals surface area contributed by atoms with Gasteiger partial charge in [-0.3, -0.25) is 4.79 Å². The molecule has 0 radical (unpaired) electrons. The molecule has 1 fully saturated rings. The summed E-state index contributed by atoms with van der Waals surface area (Å²) in [6.45, 7) is 5.30. The maximum Gasteiger partial charge on any atom is 0.164 e. The first-order chi connectivity index (χ1) is 9.11. The Balaban J connectivity index is 2.10. The molecule has 2 rings (SSSR count). The van der Waals surface area contributed by atoms with Gasteiger partial charge in [0.2, 0.25) is 0 Å². The fourth-order valence-electron chi connectivity index (χ4n) is 2.89. The van der Waals surface area contributed by atoms with E-state index in [1.807, 2.05) is 25.1 Å². The van der Waals surface area contributed by atoms with Gasteiger partial charge in [0.05, 0.1) is 0 Å². The fourth-order valence-corrected chi connectivity index (χ4v) is 2.89. The van der Waals surface area contributed by atoms with Gasteiger partial charge in [-0.2, -0.15) is 0 Å². The zero-order valence-electron chi connectivity index (χ0n) is 12.2. The molecule has 0 aromatic heterocycles. The maximum absolute atomic E-state index is 12.0. The lowest BCUT2D eigenvalue weighted by Gasteiger charge is -2.25. The van der Waals surface area contributed by atoms with Gasteiger partial charge in [-0.1, -0.05) is 19.1 Å². The Kier molecular flexibility index (Phi) is 4.59. The SMILES string of the molecule is CCC(=O)c1ccccc1N(C)CC1CCN(C)C1. The Hall–Kier alpha value is -1.35. The molecule has 0 amide bonds. The van der Waals surface area contributed by atoms with E-state index in [-0.39, 0.29) is 5.78 Å². The van der Waals surface area contributed by atoms with Crippen LogP contribution in [0.25, 0.3) is 0 Å². The predicted molar refractivity (Wildman–Crippen MR) is 79.9 cm³/mol. The molecular formula is C16H24N2O. The Morgan fingerprint density at radius 3 is 2.79 bits per heavy atom. The minimum atomic E-state index is 0.228. The van der Waals surface area contributed by atoms with Crippen LogP contribution in [0.4, 0.5) is 5.69 Å². The third kappa shape index (κ3) is 3.35. The van der Waals surface area contributed by atoms with Crippen LogP contribution < -0.4 is 4.90 Å². The van der Waals surface area contributed by atoms with Gasteiger partial charge in [0.25, 0.3) is 0 Å². The molecular weight excluding hydrogens is 236 g/mol. The van der Waals surface area contributed by atoms with Crippen molar-refractivity contribution in [3.05, 3.63) is 29.8 Å². The second-order valence-corrected chi connectivity index (χ2v) is 5.59. The van der Waals surface area contributed by atoms with E-state index in [2.05, 4.69) is 30.0 Å². The van der Waals surface area contributed by atoms with Crippen LogP contribution >= 0.6 is 0 Å². The van der Waals surface area contributed by atoms with Crippen LogP contribution in [0.2, 0.25) is 0 Å². The average molecular weight is 260 g/mol. The molecule has 0 saturated carbocycles. The minimum absolute atomic E-state index is 0.228. The van der Waals surface area contributed by atoms with Gasteiger partial charge >= 0.3 is 0 Å². The number of carbonyl (C=O) groups is 1. The standard InChI is InChI=1S/C16H24N2O/c1-4-16(19)14-7-5-6-8-15(14)18(3)12-13-9-10-17(2)11-13/h5-8,13H,4,9-12H2,1-3H3. The summed E-state index contributed by atoms with van der Waals surface area (Å²) < 4.78 is 0. The van der Waals surface area contributed by atoms with E-state index in [0.29, 0.717) is 12.3 Å². The Morgan fingerprint density at radius 2 is 2.16 bits per heavy atom. The molecule has 3 heteroatoms. The van der Waals surface area contributed by atoms with Crippen molar-refractivity contribution in [2.45, 2.75) is 19.8 Å². The summed E-state index contributed by atoms with van der Waals surface area (Å²) in [5, 5.41) is 0. The number of hydrogen-bond acceptors (Lipinski definition) is 3. The Morgan fingerprint density at radius 1 is 1.42 bits per heavy atom. The monoisotopic (exact) mass is 260 g/mol. The first-order valence-electron chi connectivity index (χ1n) is 7.13. The van der Waals surface area contributed by atoms with Crippen LogP contribution in [0, 0.1) is 5.92 Å². The first-order valence-corrected chi connectivity index (χ1v) is 7.13. The third-order valence-electron chi connectivity index (χ3n) is 3.96. The molecule has 1 heterocycles. The van der Waals surface area contributed by atoms with Crippen molar-refractivity contribution in [3.8, 4) is 0 Å². The molecule has 3 nitrogen and oxygen atoms in total. The first kappa shape index (κ1) is 14.1. The molecule has 1 aromatic carbocycles. The number of nitrogens with zero attached hydrogens (tertiary/aromatic N) is 2. The van der Waals surface area contributed by atoms with E-state index in [0.717, 1.165) is 24.3 Å². The molecule has 0 N–H and O–H groups in total. The minimum Gasteiger partial charge on any atom is -0.374 e. The number of anilines is 1. The summed E-state index contributed by atoms with van der Waals surface area (Å²) in [4.78, 5) is 16.6. The molecule has 0 aliphatic carbocycles. The number of hydrogen-bond donors (Lipinski definition) is 0. The van der Waals surface area contributed by atoms with Crippen molar-refractivity contribution in [3.63, 3.8) is 0 Å². The largest absolute Gasteiger partial charge is 0.374 e. The van der Waals surface area contributed by atoms with Crippen molar-refractivity contribution in [1.82, 2.24) is 4.90 Å². The number of likely N-dealkylation sites (tertiary alicyclic amines) is 1. The molecule has 1 unspecified atom stereocenters. The fraction of sp³-hybridized carbons (Fsp3) is 0.562.